The topological polar surface area (TPSA) is 81.8 Å². The summed E-state index contributed by atoms with van der Waals surface area (Å²) in [4.78, 5) is 10.2. The van der Waals surface area contributed by atoms with Gasteiger partial charge in [-0.25, -0.2) is 0 Å². The molecule has 1 aliphatic heterocycles. The summed E-state index contributed by atoms with van der Waals surface area (Å²) in [5.74, 6) is -1.04. The summed E-state index contributed by atoms with van der Waals surface area (Å²) < 4.78 is 10.8. The summed E-state index contributed by atoms with van der Waals surface area (Å²) in [6, 6.07) is 6.10. The Morgan fingerprint density at radius 3 is 2.71 bits per heavy atom. The molecule has 17 heavy (non-hydrogen) atoms. The fourth-order valence-corrected chi connectivity index (χ4v) is 1.67. The minimum Gasteiger partial charge on any atom is -0.388 e. The molecule has 1 aromatic carbocycles. The highest BCUT2D eigenvalue weighted by atomic mass is 16.7. The van der Waals surface area contributed by atoms with E-state index < -0.39 is 16.8 Å². The maximum Gasteiger partial charge on any atom is 0.269 e. The minimum atomic E-state index is -1.04. The van der Waals surface area contributed by atoms with Crippen molar-refractivity contribution in [3.8, 4) is 0 Å². The highest BCUT2D eigenvalue weighted by molar-refractivity contribution is 5.36. The molecule has 0 aliphatic carbocycles. The van der Waals surface area contributed by atoms with E-state index in [0.717, 1.165) is 0 Å². The first-order chi connectivity index (χ1) is 8.01. The van der Waals surface area contributed by atoms with Gasteiger partial charge in [0.15, 0.2) is 5.79 Å². The second-order valence-electron chi connectivity index (χ2n) is 4.03. The fourth-order valence-electron chi connectivity index (χ4n) is 1.67. The van der Waals surface area contributed by atoms with Crippen molar-refractivity contribution in [2.75, 3.05) is 13.2 Å². The van der Waals surface area contributed by atoms with Gasteiger partial charge in [-0.1, -0.05) is 12.1 Å². The molecule has 0 saturated carbocycles. The number of ether oxygens (including phenoxy) is 2. The zero-order valence-corrected chi connectivity index (χ0v) is 9.33. The van der Waals surface area contributed by atoms with E-state index in [1.54, 1.807) is 19.1 Å². The first kappa shape index (κ1) is 12.0. The van der Waals surface area contributed by atoms with Crippen LogP contribution in [0.5, 0.6) is 0 Å². The van der Waals surface area contributed by atoms with Crippen LogP contribution in [0.4, 0.5) is 5.69 Å². The summed E-state index contributed by atoms with van der Waals surface area (Å²) in [6.07, 6.45) is -0.651. The van der Waals surface area contributed by atoms with Crippen molar-refractivity contribution >= 4 is 5.69 Å². The lowest BCUT2D eigenvalue weighted by molar-refractivity contribution is -0.385. The fraction of sp³-hybridized carbons (Fsp3) is 0.455. The molecule has 0 spiro atoms. The number of hydrogen-bond acceptors (Lipinski definition) is 5. The molecule has 1 heterocycles. The predicted molar refractivity (Wildman–Crippen MR) is 58.4 cm³/mol. The van der Waals surface area contributed by atoms with Crippen molar-refractivity contribution in [2.45, 2.75) is 18.8 Å². The van der Waals surface area contributed by atoms with E-state index in [0.29, 0.717) is 5.56 Å². The molecule has 2 rings (SSSR count). The lowest BCUT2D eigenvalue weighted by atomic mass is 10.1. The first-order valence-corrected chi connectivity index (χ1v) is 5.22. The van der Waals surface area contributed by atoms with Gasteiger partial charge in [0.25, 0.3) is 5.69 Å². The number of benzene rings is 1. The molecule has 92 valence electrons. The van der Waals surface area contributed by atoms with Crippen LogP contribution < -0.4 is 0 Å². The third kappa shape index (κ3) is 2.44. The lowest BCUT2D eigenvalue weighted by Crippen LogP contribution is -2.42. The van der Waals surface area contributed by atoms with Crippen LogP contribution in [-0.4, -0.2) is 29.3 Å². The van der Waals surface area contributed by atoms with Gasteiger partial charge in [-0.2, -0.15) is 0 Å². The molecule has 1 aromatic rings. The zero-order valence-electron chi connectivity index (χ0n) is 9.33. The van der Waals surface area contributed by atoms with Crippen LogP contribution in [0, 0.1) is 10.1 Å². The second kappa shape index (κ2) is 4.40. The molecule has 0 bridgehead atoms. The zero-order chi connectivity index (χ0) is 12.5. The number of aliphatic hydroxyl groups is 1. The van der Waals surface area contributed by atoms with Gasteiger partial charge in [0.1, 0.15) is 6.10 Å². The van der Waals surface area contributed by atoms with Crippen LogP contribution >= 0.6 is 0 Å². The molecule has 1 N–H and O–H groups in total. The van der Waals surface area contributed by atoms with Crippen LogP contribution in [0.2, 0.25) is 0 Å². The van der Waals surface area contributed by atoms with Gasteiger partial charge in [0, 0.05) is 17.7 Å². The monoisotopic (exact) mass is 239 g/mol. The molecule has 1 fully saturated rings. The minimum absolute atomic E-state index is 0.0120. The standard InChI is InChI=1S/C11H13NO5/c1-11(16-6-10(13)7-17-11)8-3-2-4-9(5-8)12(14)15/h2-5,10,13H,6-7H2,1H3. The molecular weight excluding hydrogens is 226 g/mol. The van der Waals surface area contributed by atoms with E-state index in [9.17, 15) is 15.2 Å². The third-order valence-electron chi connectivity index (χ3n) is 2.68. The second-order valence-corrected chi connectivity index (χ2v) is 4.03. The predicted octanol–water partition coefficient (Wildman–Crippen LogP) is 1.18. The Kier molecular flexibility index (Phi) is 3.10. The third-order valence-corrected chi connectivity index (χ3v) is 2.68. The molecular formula is C11H13NO5. The van der Waals surface area contributed by atoms with E-state index >= 15 is 0 Å². The van der Waals surface area contributed by atoms with Crippen molar-refractivity contribution < 1.29 is 19.5 Å². The Morgan fingerprint density at radius 2 is 2.12 bits per heavy atom. The van der Waals surface area contributed by atoms with Gasteiger partial charge in [0.2, 0.25) is 0 Å². The van der Waals surface area contributed by atoms with Gasteiger partial charge < -0.3 is 14.6 Å². The van der Waals surface area contributed by atoms with Crippen molar-refractivity contribution in [1.82, 2.24) is 0 Å². The lowest BCUT2D eigenvalue weighted by Gasteiger charge is -2.36. The van der Waals surface area contributed by atoms with Gasteiger partial charge in [-0.05, 0) is 6.92 Å². The van der Waals surface area contributed by atoms with Gasteiger partial charge in [-0.15, -0.1) is 0 Å². The highest BCUT2D eigenvalue weighted by Gasteiger charge is 2.35. The number of nitro groups is 1. The summed E-state index contributed by atoms with van der Waals surface area (Å²) in [7, 11) is 0. The van der Waals surface area contributed by atoms with E-state index in [1.807, 2.05) is 0 Å². The van der Waals surface area contributed by atoms with E-state index in [-0.39, 0.29) is 18.9 Å². The number of hydrogen-bond donors (Lipinski definition) is 1. The number of rotatable bonds is 2. The summed E-state index contributed by atoms with van der Waals surface area (Å²) in [5.41, 5.74) is 0.556. The van der Waals surface area contributed by atoms with Gasteiger partial charge in [0.05, 0.1) is 18.1 Å². The highest BCUT2D eigenvalue weighted by Crippen LogP contribution is 2.31. The summed E-state index contributed by atoms with van der Waals surface area (Å²) in [6.45, 7) is 1.98. The van der Waals surface area contributed by atoms with Crippen molar-refractivity contribution in [3.63, 3.8) is 0 Å². The maximum absolute atomic E-state index is 10.7. The molecule has 6 nitrogen and oxygen atoms in total. The Bertz CT molecular complexity index is 426. The maximum atomic E-state index is 10.7. The number of nitrogens with zero attached hydrogens (tertiary/aromatic N) is 1. The van der Waals surface area contributed by atoms with Crippen molar-refractivity contribution in [2.24, 2.45) is 0 Å². The average molecular weight is 239 g/mol. The normalized spacial score (nSPS) is 28.9. The molecule has 1 saturated heterocycles. The number of aliphatic hydroxyl groups excluding tert-OH is 1. The van der Waals surface area contributed by atoms with E-state index in [2.05, 4.69) is 0 Å². The smallest absolute Gasteiger partial charge is 0.269 e. The number of nitro benzene ring substituents is 1. The summed E-state index contributed by atoms with van der Waals surface area (Å²) in [5, 5.41) is 19.9. The molecule has 6 heteroatoms. The number of non-ortho nitro benzene ring substituents is 1. The van der Waals surface area contributed by atoms with Crippen LogP contribution in [0.3, 0.4) is 0 Å². The van der Waals surface area contributed by atoms with Crippen molar-refractivity contribution in [3.05, 3.63) is 39.9 Å². The van der Waals surface area contributed by atoms with Crippen molar-refractivity contribution in [1.29, 1.82) is 0 Å². The van der Waals surface area contributed by atoms with E-state index in [1.165, 1.54) is 12.1 Å². The first-order valence-electron chi connectivity index (χ1n) is 5.22. The van der Waals surface area contributed by atoms with Crippen LogP contribution in [-0.2, 0) is 15.3 Å². The molecule has 0 amide bonds. The Hall–Kier alpha value is -1.50. The Morgan fingerprint density at radius 1 is 1.47 bits per heavy atom. The Balaban J connectivity index is 2.27. The summed E-state index contributed by atoms with van der Waals surface area (Å²) >= 11 is 0. The largest absolute Gasteiger partial charge is 0.388 e. The molecule has 0 aromatic heterocycles. The molecule has 0 atom stereocenters. The van der Waals surface area contributed by atoms with Gasteiger partial charge in [-0.3, -0.25) is 10.1 Å². The Labute approximate surface area is 97.9 Å². The SMILES string of the molecule is CC1(c2cccc([N+](=O)[O-])c2)OCC(O)CO1. The van der Waals surface area contributed by atoms with E-state index in [4.69, 9.17) is 9.47 Å². The average Bonchev–Trinajstić information content (AvgIpc) is 2.33. The van der Waals surface area contributed by atoms with Gasteiger partial charge >= 0.3 is 0 Å². The molecule has 0 radical (unpaired) electrons. The van der Waals surface area contributed by atoms with Crippen LogP contribution in [0.15, 0.2) is 24.3 Å². The molecule has 1 aliphatic rings. The van der Waals surface area contributed by atoms with Crippen LogP contribution in [0.25, 0.3) is 0 Å². The quantitative estimate of drug-likeness (QED) is 0.619. The molecule has 0 unspecified atom stereocenters. The van der Waals surface area contributed by atoms with Crippen LogP contribution in [0.1, 0.15) is 12.5 Å².